The molecule has 0 unspecified atom stereocenters. The van der Waals surface area contributed by atoms with Gasteiger partial charge in [-0.05, 0) is 0 Å². The molecule has 1 rings (SSSR count). The van der Waals surface area contributed by atoms with Crippen LogP contribution in [0.1, 0.15) is 12.5 Å². The largest absolute Gasteiger partial charge is 0.444 e. The van der Waals surface area contributed by atoms with Crippen molar-refractivity contribution in [3.8, 4) is 0 Å². The number of aromatic nitrogens is 1. The van der Waals surface area contributed by atoms with Crippen molar-refractivity contribution >= 4 is 31.4 Å². The summed E-state index contributed by atoms with van der Waals surface area (Å²) >= 11 is 4.67. The Balaban J connectivity index is 0.000000583. The van der Waals surface area contributed by atoms with Crippen molar-refractivity contribution in [3.05, 3.63) is 39.2 Å². The Morgan fingerprint density at radius 2 is 2.20 bits per heavy atom. The van der Waals surface area contributed by atoms with Crippen molar-refractivity contribution in [3.63, 3.8) is 0 Å². The van der Waals surface area contributed by atoms with Gasteiger partial charge in [0.2, 0.25) is 0 Å². The summed E-state index contributed by atoms with van der Waals surface area (Å²) in [6.45, 7) is 2.29. The summed E-state index contributed by atoms with van der Waals surface area (Å²) in [4.78, 5) is 14.5. The van der Waals surface area contributed by atoms with Gasteiger partial charge < -0.3 is 10.1 Å². The number of hydrogen-bond donors (Lipinski definition) is 0. The molecule has 83 valence electrons. The van der Waals surface area contributed by atoms with E-state index in [1.54, 1.807) is 0 Å². The van der Waals surface area contributed by atoms with E-state index in [1.807, 2.05) is 12.3 Å². The van der Waals surface area contributed by atoms with Gasteiger partial charge in [0.15, 0.2) is 0 Å². The average Bonchev–Trinajstić information content (AvgIpc) is 2.22. The first kappa shape index (κ1) is 14.6. The van der Waals surface area contributed by atoms with Crippen LogP contribution in [0, 0.1) is 10.1 Å². The standard InChI is InChI=1S/C6H5ClN.C2H5.CH3.HNO2.Sn/c1-5-2-3-6(7)8-4-5;1-2;;2-1-3;/h2-4H,1H2;1H2,2H3;1H3;(H,2,3);/p-1. The third-order valence-corrected chi connectivity index (χ3v) is 8.45. The molecule has 15 heavy (non-hydrogen) atoms. The Bertz CT molecular complexity index is 282. The summed E-state index contributed by atoms with van der Waals surface area (Å²) in [6.07, 6.45) is 1.90. The minimum Gasteiger partial charge on any atom is -0.444 e. The van der Waals surface area contributed by atoms with Crippen LogP contribution in [0.3, 0.4) is 0 Å². The van der Waals surface area contributed by atoms with Crippen molar-refractivity contribution in [2.24, 2.45) is 5.34 Å². The smallest absolute Gasteiger partial charge is 0.112 e. The van der Waals surface area contributed by atoms with E-state index in [1.165, 1.54) is 14.4 Å². The SMILES string of the molecule is C[CH2][Sn]([CH3])[CH2]c1ccc(Cl)nc1.O=N[O-]. The molecular formula is C9H13ClN2O2Sn-. The van der Waals surface area contributed by atoms with Crippen molar-refractivity contribution in [1.29, 1.82) is 0 Å². The van der Waals surface area contributed by atoms with Gasteiger partial charge in [0.25, 0.3) is 0 Å². The molecule has 1 heterocycles. The normalized spacial score (nSPS) is 9.33. The number of halogens is 1. The third kappa shape index (κ3) is 7.55. The van der Waals surface area contributed by atoms with Gasteiger partial charge in [0.05, 0.1) is 0 Å². The summed E-state index contributed by atoms with van der Waals surface area (Å²) < 4.78 is 2.70. The molecule has 0 spiro atoms. The second kappa shape index (κ2) is 8.91. The van der Waals surface area contributed by atoms with E-state index >= 15 is 0 Å². The topological polar surface area (TPSA) is 65.4 Å². The monoisotopic (exact) mass is 336 g/mol. The van der Waals surface area contributed by atoms with Crippen LogP contribution in [0.4, 0.5) is 0 Å². The van der Waals surface area contributed by atoms with Crippen LogP contribution in [-0.2, 0) is 4.44 Å². The van der Waals surface area contributed by atoms with Gasteiger partial charge in [-0.2, -0.15) is 0 Å². The van der Waals surface area contributed by atoms with Gasteiger partial charge in [-0.3, -0.25) is 0 Å². The van der Waals surface area contributed by atoms with E-state index in [2.05, 4.69) is 22.9 Å². The quantitative estimate of drug-likeness (QED) is 0.369. The van der Waals surface area contributed by atoms with Crippen LogP contribution in [0.5, 0.6) is 0 Å². The maximum absolute atomic E-state index is 8.00. The molecule has 0 N–H and O–H groups in total. The molecule has 1 aromatic heterocycles. The maximum atomic E-state index is 8.00. The molecule has 0 aliphatic rings. The minimum atomic E-state index is -1.02. The maximum Gasteiger partial charge on any atom is -0.112 e. The Hall–Kier alpha value is -0.361. The fourth-order valence-electron chi connectivity index (χ4n) is 0.984. The Kier molecular flexibility index (Phi) is 8.69. The number of nitrogens with zero attached hydrogens (tertiary/aromatic N) is 2. The molecule has 0 fully saturated rings. The minimum absolute atomic E-state index is 0.594. The van der Waals surface area contributed by atoms with E-state index in [9.17, 15) is 0 Å². The Morgan fingerprint density at radius 1 is 1.60 bits per heavy atom. The molecule has 6 heteroatoms. The van der Waals surface area contributed by atoms with Crippen molar-refractivity contribution in [1.82, 2.24) is 4.98 Å². The van der Waals surface area contributed by atoms with E-state index in [0.29, 0.717) is 5.15 Å². The summed E-state index contributed by atoms with van der Waals surface area (Å²) in [7, 11) is 0. The van der Waals surface area contributed by atoms with Gasteiger partial charge in [0, 0.05) is 0 Å². The van der Waals surface area contributed by atoms with Crippen LogP contribution in [0.15, 0.2) is 23.7 Å². The molecule has 0 aliphatic carbocycles. The summed E-state index contributed by atoms with van der Waals surface area (Å²) in [6, 6.07) is 3.97. The van der Waals surface area contributed by atoms with Gasteiger partial charge >= 0.3 is 86.1 Å². The Labute approximate surface area is 101 Å². The summed E-state index contributed by atoms with van der Waals surface area (Å²) in [5.41, 5.74) is 1.36. The fourth-order valence-corrected chi connectivity index (χ4v) is 4.40. The molecule has 0 bridgehead atoms. The van der Waals surface area contributed by atoms with Crippen LogP contribution in [0.25, 0.3) is 0 Å². The second-order valence-electron chi connectivity index (χ2n) is 3.05. The third-order valence-electron chi connectivity index (χ3n) is 1.90. The molecule has 0 aliphatic heterocycles. The molecule has 0 amide bonds. The van der Waals surface area contributed by atoms with Crippen molar-refractivity contribution in [2.45, 2.75) is 20.7 Å². The van der Waals surface area contributed by atoms with Crippen molar-refractivity contribution in [2.75, 3.05) is 0 Å². The van der Waals surface area contributed by atoms with E-state index < -0.39 is 19.8 Å². The van der Waals surface area contributed by atoms with Gasteiger partial charge in [-0.15, -0.1) is 5.34 Å². The Morgan fingerprint density at radius 3 is 2.60 bits per heavy atom. The number of hydrogen-bond acceptors (Lipinski definition) is 4. The molecule has 0 saturated carbocycles. The summed E-state index contributed by atoms with van der Waals surface area (Å²) in [5, 5.41) is 9.59. The van der Waals surface area contributed by atoms with E-state index in [4.69, 9.17) is 21.7 Å². The van der Waals surface area contributed by atoms with Gasteiger partial charge in [-0.25, -0.2) is 0 Å². The average molecular weight is 335 g/mol. The molecule has 1 radical (unpaired) electrons. The van der Waals surface area contributed by atoms with E-state index in [0.717, 1.165) is 5.34 Å². The molecule has 0 atom stereocenters. The number of pyridine rings is 1. The van der Waals surface area contributed by atoms with Crippen LogP contribution in [0.2, 0.25) is 14.5 Å². The first-order chi connectivity index (χ1) is 7.13. The zero-order chi connectivity index (χ0) is 11.7. The summed E-state index contributed by atoms with van der Waals surface area (Å²) in [5.74, 6) is 0. The van der Waals surface area contributed by atoms with Gasteiger partial charge in [-0.1, -0.05) is 0 Å². The molecule has 0 aromatic carbocycles. The predicted molar refractivity (Wildman–Crippen MR) is 64.2 cm³/mol. The molecule has 0 saturated heterocycles. The van der Waals surface area contributed by atoms with E-state index in [-0.39, 0.29) is 0 Å². The predicted octanol–water partition coefficient (Wildman–Crippen LogP) is 3.21. The zero-order valence-electron chi connectivity index (χ0n) is 8.74. The molecular weight excluding hydrogens is 322 g/mol. The van der Waals surface area contributed by atoms with Crippen LogP contribution in [-0.4, -0.2) is 24.7 Å². The second-order valence-corrected chi connectivity index (χ2v) is 11.9. The first-order valence-corrected chi connectivity index (χ1v) is 11.8. The zero-order valence-corrected chi connectivity index (χ0v) is 12.3. The molecule has 1 aromatic rings. The first-order valence-electron chi connectivity index (χ1n) is 4.50. The molecule has 4 nitrogen and oxygen atoms in total. The fraction of sp³-hybridized carbons (Fsp3) is 0.444. The number of rotatable bonds is 3. The van der Waals surface area contributed by atoms with Crippen LogP contribution < -0.4 is 0 Å². The van der Waals surface area contributed by atoms with Crippen LogP contribution >= 0.6 is 11.6 Å². The van der Waals surface area contributed by atoms with Crippen molar-refractivity contribution < 1.29 is 0 Å². The van der Waals surface area contributed by atoms with Gasteiger partial charge in [0.1, 0.15) is 0 Å².